The number of thiazole rings is 1. The van der Waals surface area contributed by atoms with Gasteiger partial charge in [0.1, 0.15) is 12.1 Å². The maximum Gasteiger partial charge on any atom is 0.325 e. The Balaban J connectivity index is 1.47. The van der Waals surface area contributed by atoms with E-state index in [9.17, 15) is 14.4 Å². The Morgan fingerprint density at radius 2 is 2.13 bits per heavy atom. The molecule has 2 atom stereocenters. The van der Waals surface area contributed by atoms with Crippen LogP contribution in [0.4, 0.5) is 10.5 Å². The van der Waals surface area contributed by atoms with Gasteiger partial charge in [0.2, 0.25) is 5.91 Å². The zero-order chi connectivity index (χ0) is 21.7. The molecule has 1 saturated carbocycles. The van der Waals surface area contributed by atoms with Gasteiger partial charge in [-0.25, -0.2) is 9.78 Å². The fraction of sp³-hybridized carbons (Fsp3) is 0.524. The van der Waals surface area contributed by atoms with Crippen LogP contribution >= 0.6 is 23.1 Å². The van der Waals surface area contributed by atoms with E-state index < -0.39 is 17.5 Å². The first-order valence-electron chi connectivity index (χ1n) is 9.99. The van der Waals surface area contributed by atoms with E-state index in [-0.39, 0.29) is 17.9 Å². The number of urea groups is 1. The second-order valence-corrected chi connectivity index (χ2v) is 11.3. The maximum atomic E-state index is 13.2. The van der Waals surface area contributed by atoms with Crippen LogP contribution in [-0.4, -0.2) is 46.1 Å². The zero-order valence-corrected chi connectivity index (χ0v) is 19.2. The molecule has 2 aliphatic rings. The van der Waals surface area contributed by atoms with Crippen molar-refractivity contribution in [2.45, 2.75) is 49.9 Å². The van der Waals surface area contributed by atoms with Gasteiger partial charge in [-0.3, -0.25) is 14.5 Å². The van der Waals surface area contributed by atoms with Crippen molar-refractivity contribution >= 4 is 56.8 Å². The summed E-state index contributed by atoms with van der Waals surface area (Å²) in [5.41, 5.74) is 0.567. The standard InChI is InChI=1S/C21H26N4O3S2/c1-12-8-20(2,3)11-21(9-12)17(27)25(18(28)24-21)10-16(26)22-13-5-6-14-15(7-13)30-19(23-14)29-4/h5-7,12H,8-11H2,1-4H3,(H,22,26)(H,24,28)/t12-,21-/m0/s1. The molecule has 4 rings (SSSR count). The molecular formula is C21H26N4O3S2. The largest absolute Gasteiger partial charge is 0.325 e. The van der Waals surface area contributed by atoms with Crippen LogP contribution in [0.25, 0.3) is 10.2 Å². The van der Waals surface area contributed by atoms with E-state index in [1.807, 2.05) is 18.4 Å². The minimum Gasteiger partial charge on any atom is -0.324 e. The minimum absolute atomic E-state index is 0.0430. The van der Waals surface area contributed by atoms with Gasteiger partial charge < -0.3 is 10.6 Å². The highest BCUT2D eigenvalue weighted by Gasteiger charge is 2.56. The van der Waals surface area contributed by atoms with Gasteiger partial charge in [-0.05, 0) is 55.1 Å². The number of anilines is 1. The number of rotatable bonds is 4. The second kappa shape index (κ2) is 7.53. The quantitative estimate of drug-likeness (QED) is 0.545. The van der Waals surface area contributed by atoms with Crippen LogP contribution in [0.3, 0.4) is 0 Å². The van der Waals surface area contributed by atoms with Gasteiger partial charge in [-0.2, -0.15) is 0 Å². The molecule has 1 spiro atoms. The van der Waals surface area contributed by atoms with Crippen LogP contribution in [-0.2, 0) is 9.59 Å². The smallest absolute Gasteiger partial charge is 0.324 e. The van der Waals surface area contributed by atoms with E-state index in [2.05, 4.69) is 36.4 Å². The number of fused-ring (bicyclic) bond motifs is 1. The van der Waals surface area contributed by atoms with Crippen molar-refractivity contribution in [3.8, 4) is 0 Å². The molecule has 1 aromatic heterocycles. The molecule has 0 bridgehead atoms. The van der Waals surface area contributed by atoms with Crippen LogP contribution in [0.15, 0.2) is 22.5 Å². The first kappa shape index (κ1) is 21.1. The number of aromatic nitrogens is 1. The molecule has 1 aliphatic heterocycles. The summed E-state index contributed by atoms with van der Waals surface area (Å²) in [6.45, 7) is 6.06. The third kappa shape index (κ3) is 3.92. The summed E-state index contributed by atoms with van der Waals surface area (Å²) in [7, 11) is 0. The van der Waals surface area contributed by atoms with E-state index in [0.29, 0.717) is 24.4 Å². The van der Waals surface area contributed by atoms with E-state index in [0.717, 1.165) is 25.9 Å². The van der Waals surface area contributed by atoms with Crippen LogP contribution in [0.1, 0.15) is 40.0 Å². The first-order chi connectivity index (χ1) is 14.1. The summed E-state index contributed by atoms with van der Waals surface area (Å²) in [6, 6.07) is 5.02. The third-order valence-electron chi connectivity index (χ3n) is 5.75. The molecule has 2 N–H and O–H groups in total. The van der Waals surface area contributed by atoms with Crippen molar-refractivity contribution in [1.82, 2.24) is 15.2 Å². The van der Waals surface area contributed by atoms with Crippen molar-refractivity contribution in [3.05, 3.63) is 18.2 Å². The number of thioether (sulfide) groups is 1. The molecule has 1 aliphatic carbocycles. The fourth-order valence-electron chi connectivity index (χ4n) is 5.06. The Morgan fingerprint density at radius 1 is 1.37 bits per heavy atom. The van der Waals surface area contributed by atoms with Gasteiger partial charge >= 0.3 is 6.03 Å². The second-order valence-electron chi connectivity index (χ2n) is 9.17. The van der Waals surface area contributed by atoms with Gasteiger partial charge in [-0.15, -0.1) is 11.3 Å². The monoisotopic (exact) mass is 446 g/mol. The molecule has 9 heteroatoms. The zero-order valence-electron chi connectivity index (χ0n) is 17.6. The third-order valence-corrected chi connectivity index (χ3v) is 7.76. The van der Waals surface area contributed by atoms with Gasteiger partial charge in [0.05, 0.1) is 10.2 Å². The van der Waals surface area contributed by atoms with Crippen LogP contribution in [0.2, 0.25) is 0 Å². The molecule has 160 valence electrons. The molecule has 2 aromatic rings. The van der Waals surface area contributed by atoms with E-state index in [1.165, 1.54) is 0 Å². The predicted molar refractivity (Wildman–Crippen MR) is 120 cm³/mol. The molecule has 30 heavy (non-hydrogen) atoms. The fourth-order valence-corrected chi connectivity index (χ4v) is 6.59. The molecule has 7 nitrogen and oxygen atoms in total. The summed E-state index contributed by atoms with van der Waals surface area (Å²) < 4.78 is 1.94. The van der Waals surface area contributed by atoms with E-state index >= 15 is 0 Å². The Labute approximate surface area is 184 Å². The van der Waals surface area contributed by atoms with E-state index in [1.54, 1.807) is 29.2 Å². The summed E-state index contributed by atoms with van der Waals surface area (Å²) >= 11 is 3.14. The molecule has 2 heterocycles. The summed E-state index contributed by atoms with van der Waals surface area (Å²) in [4.78, 5) is 43.9. The lowest BCUT2D eigenvalue weighted by molar-refractivity contribution is -0.136. The molecule has 0 radical (unpaired) electrons. The maximum absolute atomic E-state index is 13.2. The van der Waals surface area contributed by atoms with Gasteiger partial charge in [0.25, 0.3) is 5.91 Å². The Hall–Kier alpha value is -2.13. The topological polar surface area (TPSA) is 91.4 Å². The first-order valence-corrected chi connectivity index (χ1v) is 12.0. The van der Waals surface area contributed by atoms with Gasteiger partial charge in [-0.1, -0.05) is 32.5 Å². The molecular weight excluding hydrogens is 420 g/mol. The number of imide groups is 1. The Morgan fingerprint density at radius 3 is 2.83 bits per heavy atom. The average molecular weight is 447 g/mol. The van der Waals surface area contributed by atoms with Gasteiger partial charge in [0, 0.05) is 5.69 Å². The van der Waals surface area contributed by atoms with Crippen LogP contribution < -0.4 is 10.6 Å². The molecule has 2 fully saturated rings. The van der Waals surface area contributed by atoms with Crippen molar-refractivity contribution in [3.63, 3.8) is 0 Å². The number of benzene rings is 1. The summed E-state index contributed by atoms with van der Waals surface area (Å²) in [5, 5.41) is 5.71. The Bertz CT molecular complexity index is 1030. The molecule has 4 amide bonds. The number of carbonyl (C=O) groups is 3. The lowest BCUT2D eigenvalue weighted by atomic mass is 9.64. The number of carbonyl (C=O) groups excluding carboxylic acids is 3. The normalized spacial score (nSPS) is 25.7. The highest BCUT2D eigenvalue weighted by molar-refractivity contribution is 8.00. The lowest BCUT2D eigenvalue weighted by Crippen LogP contribution is -2.54. The van der Waals surface area contributed by atoms with Crippen molar-refractivity contribution in [2.75, 3.05) is 18.1 Å². The average Bonchev–Trinajstić information content (AvgIpc) is 3.14. The number of nitrogens with zero attached hydrogens (tertiary/aromatic N) is 2. The number of hydrogen-bond acceptors (Lipinski definition) is 6. The number of amides is 4. The SMILES string of the molecule is CSc1nc2ccc(NC(=O)CN3C(=O)N[C@]4(C[C@@H](C)CC(C)(C)C4)C3=O)cc2s1. The highest BCUT2D eigenvalue weighted by atomic mass is 32.2. The summed E-state index contributed by atoms with van der Waals surface area (Å²) in [6.07, 6.45) is 4.18. The molecule has 1 aromatic carbocycles. The van der Waals surface area contributed by atoms with Crippen molar-refractivity contribution in [1.29, 1.82) is 0 Å². The number of hydrogen-bond donors (Lipinski definition) is 2. The molecule has 1 saturated heterocycles. The summed E-state index contributed by atoms with van der Waals surface area (Å²) in [5.74, 6) is -0.360. The lowest BCUT2D eigenvalue weighted by Gasteiger charge is -2.43. The van der Waals surface area contributed by atoms with Crippen LogP contribution in [0, 0.1) is 11.3 Å². The van der Waals surface area contributed by atoms with E-state index in [4.69, 9.17) is 0 Å². The Kier molecular flexibility index (Phi) is 5.30. The minimum atomic E-state index is -0.895. The predicted octanol–water partition coefficient (Wildman–Crippen LogP) is 4.09. The number of nitrogens with one attached hydrogen (secondary N) is 2. The molecule has 0 unspecified atom stereocenters. The van der Waals surface area contributed by atoms with Crippen molar-refractivity contribution in [2.24, 2.45) is 11.3 Å². The van der Waals surface area contributed by atoms with Crippen molar-refractivity contribution < 1.29 is 14.4 Å². The van der Waals surface area contributed by atoms with Crippen LogP contribution in [0.5, 0.6) is 0 Å². The highest BCUT2D eigenvalue weighted by Crippen LogP contribution is 2.46. The van der Waals surface area contributed by atoms with Gasteiger partial charge in [0.15, 0.2) is 4.34 Å².